The number of nitrogens with zero attached hydrogens (tertiary/aromatic N) is 2. The van der Waals surface area contributed by atoms with Gasteiger partial charge in [0.05, 0.1) is 17.9 Å². The molecule has 9 heteroatoms. The summed E-state index contributed by atoms with van der Waals surface area (Å²) in [5, 5.41) is 23.1. The van der Waals surface area contributed by atoms with Crippen LogP contribution in [0.1, 0.15) is 54.4 Å². The number of hydrogen-bond donors (Lipinski definition) is 4. The van der Waals surface area contributed by atoms with Gasteiger partial charge in [-0.15, -0.1) is 6.58 Å². The van der Waals surface area contributed by atoms with Crippen LogP contribution in [0.4, 0.5) is 13.2 Å². The predicted molar refractivity (Wildman–Crippen MR) is 142 cm³/mol. The fourth-order valence-corrected chi connectivity index (χ4v) is 2.42. The second-order valence-electron chi connectivity index (χ2n) is 6.33. The molecule has 1 aliphatic heterocycles. The first kappa shape index (κ1) is 36.7. The Hall–Kier alpha value is -2.91. The molecule has 35 heavy (non-hydrogen) atoms. The first-order valence-electron chi connectivity index (χ1n) is 11.7. The molecule has 0 amide bonds. The Morgan fingerprint density at radius 1 is 1.17 bits per heavy atom. The molecule has 0 radical (unpaired) electrons. The Balaban J connectivity index is -0.00000132. The number of hydrogen-bond acceptors (Lipinski definition) is 6. The minimum absolute atomic E-state index is 0.0752. The first-order valence-corrected chi connectivity index (χ1v) is 11.7. The van der Waals surface area contributed by atoms with Gasteiger partial charge in [0.1, 0.15) is 5.76 Å². The summed E-state index contributed by atoms with van der Waals surface area (Å²) in [4.78, 5) is 0. The van der Waals surface area contributed by atoms with Crippen LogP contribution in [0.15, 0.2) is 85.2 Å². The molecule has 0 aliphatic carbocycles. The van der Waals surface area contributed by atoms with Crippen molar-refractivity contribution in [1.82, 2.24) is 20.9 Å². The van der Waals surface area contributed by atoms with Crippen LogP contribution >= 0.6 is 0 Å². The lowest BCUT2D eigenvalue weighted by Gasteiger charge is -2.34. The largest absolute Gasteiger partial charge is 0.506 e. The second kappa shape index (κ2) is 22.9. The molecule has 0 saturated carbocycles. The third-order valence-corrected chi connectivity index (χ3v) is 3.73. The molecule has 1 atom stereocenters. The summed E-state index contributed by atoms with van der Waals surface area (Å²) >= 11 is 0. The highest BCUT2D eigenvalue weighted by molar-refractivity contribution is 5.23. The van der Waals surface area contributed by atoms with Gasteiger partial charge in [-0.25, -0.2) is 5.43 Å². The normalized spacial score (nSPS) is 14.4. The van der Waals surface area contributed by atoms with Crippen LogP contribution < -0.4 is 10.9 Å². The molecule has 202 valence electrons. The molecule has 0 aromatic heterocycles. The van der Waals surface area contributed by atoms with Crippen LogP contribution in [0, 0.1) is 0 Å². The van der Waals surface area contributed by atoms with E-state index < -0.39 is 17.9 Å². The number of rotatable bonds is 10. The quantitative estimate of drug-likeness (QED) is 0.116. The number of hydrazine groups is 2. The Kier molecular flexibility index (Phi) is 23.9. The van der Waals surface area contributed by atoms with E-state index in [2.05, 4.69) is 24.0 Å². The van der Waals surface area contributed by atoms with Gasteiger partial charge < -0.3 is 15.6 Å². The molecule has 0 fully saturated rings. The Morgan fingerprint density at radius 2 is 1.74 bits per heavy atom. The molecule has 0 spiro atoms. The molecule has 1 aliphatic rings. The van der Waals surface area contributed by atoms with Gasteiger partial charge in [0, 0.05) is 44.2 Å². The van der Waals surface area contributed by atoms with Crippen LogP contribution in [-0.2, 0) is 0 Å². The molecule has 1 unspecified atom stereocenters. The third kappa shape index (κ3) is 18.1. The molecule has 1 heterocycles. The van der Waals surface area contributed by atoms with E-state index in [0.29, 0.717) is 18.7 Å². The summed E-state index contributed by atoms with van der Waals surface area (Å²) in [6.07, 6.45) is 8.39. The molecule has 4 N–H and O–H groups in total. The summed E-state index contributed by atoms with van der Waals surface area (Å²) in [5.41, 5.74) is 5.54. The first-order chi connectivity index (χ1) is 16.6. The fourth-order valence-electron chi connectivity index (χ4n) is 2.42. The van der Waals surface area contributed by atoms with Crippen LogP contribution in [-0.4, -0.2) is 46.1 Å². The van der Waals surface area contributed by atoms with E-state index in [1.165, 1.54) is 37.6 Å². The number of aliphatic hydroxyl groups excluding tert-OH is 2. The third-order valence-electron chi connectivity index (χ3n) is 3.73. The maximum atomic E-state index is 12.5. The van der Waals surface area contributed by atoms with Gasteiger partial charge in [-0.3, -0.25) is 10.0 Å². The van der Waals surface area contributed by atoms with Crippen LogP contribution in [0.2, 0.25) is 0 Å². The zero-order valence-electron chi connectivity index (χ0n) is 22.2. The number of aliphatic hydroxyl groups is 2. The van der Waals surface area contributed by atoms with E-state index in [1.807, 2.05) is 34.6 Å². The van der Waals surface area contributed by atoms with Crippen molar-refractivity contribution in [3.8, 4) is 0 Å². The fraction of sp³-hybridized carbons (Fsp3) is 0.462. The summed E-state index contributed by atoms with van der Waals surface area (Å²) in [6, 6.07) is 0. The average molecular weight is 503 g/mol. The van der Waals surface area contributed by atoms with Crippen LogP contribution in [0.25, 0.3) is 0 Å². The SMILES string of the molecule is C=CC.C=CN1C(CC(O)/C=C/NNCC/C=C\C(=C/C)C(F)(F)F)=CC(O)=CN1C.CC.CC. The molecule has 1 rings (SSSR count). The van der Waals surface area contributed by atoms with Crippen molar-refractivity contribution in [2.45, 2.75) is 66.7 Å². The Labute approximate surface area is 210 Å². The number of halogens is 3. The summed E-state index contributed by atoms with van der Waals surface area (Å²) in [5.74, 6) is 0.0752. The molecule has 0 aromatic carbocycles. The average Bonchev–Trinajstić information content (AvgIpc) is 2.80. The minimum atomic E-state index is -4.34. The van der Waals surface area contributed by atoms with Gasteiger partial charge in [0.2, 0.25) is 0 Å². The Bertz CT molecular complexity index is 712. The van der Waals surface area contributed by atoms with E-state index >= 15 is 0 Å². The number of alkyl halides is 3. The van der Waals surface area contributed by atoms with E-state index in [4.69, 9.17) is 0 Å². The topological polar surface area (TPSA) is 71.0 Å². The van der Waals surface area contributed by atoms with E-state index in [-0.39, 0.29) is 12.2 Å². The highest BCUT2D eigenvalue weighted by atomic mass is 19.4. The van der Waals surface area contributed by atoms with Gasteiger partial charge in [-0.05, 0) is 26.3 Å². The van der Waals surface area contributed by atoms with E-state index in [9.17, 15) is 23.4 Å². The molecule has 0 bridgehead atoms. The predicted octanol–water partition coefficient (Wildman–Crippen LogP) is 6.63. The van der Waals surface area contributed by atoms with Gasteiger partial charge in [-0.1, -0.05) is 58.6 Å². The number of nitrogens with one attached hydrogen (secondary N) is 2. The van der Waals surface area contributed by atoms with Crippen molar-refractivity contribution in [3.05, 3.63) is 85.2 Å². The highest BCUT2D eigenvalue weighted by Crippen LogP contribution is 2.26. The zero-order chi connectivity index (χ0) is 27.9. The smallest absolute Gasteiger partial charge is 0.416 e. The summed E-state index contributed by atoms with van der Waals surface area (Å²) in [7, 11) is 1.74. The minimum Gasteiger partial charge on any atom is -0.506 e. The van der Waals surface area contributed by atoms with Gasteiger partial charge in [0.15, 0.2) is 0 Å². The standard InChI is InChI=1S/C19H27F3N4O2.C3H6.2C2H6/c1-4-15(19(20,21)22)8-6-7-10-23-24-11-9-17(27)12-16-13-18(28)14-25(3)26(16)5-2;1-3-2;2*1-2/h4-6,8-9,11,13-14,17,23-24,27-28H,2,7,10,12H2,1,3H3;3H,1H2,2H3;2*1-2H3/b8-6-,11-9+,15-4+;;;. The lowest BCUT2D eigenvalue weighted by molar-refractivity contribution is -0.0883. The lowest BCUT2D eigenvalue weighted by atomic mass is 10.1. The van der Waals surface area contributed by atoms with E-state index in [1.54, 1.807) is 29.3 Å². The van der Waals surface area contributed by atoms with Gasteiger partial charge in [-0.2, -0.15) is 13.2 Å². The molecular weight excluding hydrogens is 457 g/mol. The van der Waals surface area contributed by atoms with Crippen molar-refractivity contribution in [2.75, 3.05) is 13.6 Å². The molecule has 0 aromatic rings. The van der Waals surface area contributed by atoms with Crippen molar-refractivity contribution in [2.24, 2.45) is 0 Å². The van der Waals surface area contributed by atoms with Crippen molar-refractivity contribution < 1.29 is 23.4 Å². The van der Waals surface area contributed by atoms with Crippen LogP contribution in [0.3, 0.4) is 0 Å². The van der Waals surface area contributed by atoms with Crippen molar-refractivity contribution in [3.63, 3.8) is 0 Å². The van der Waals surface area contributed by atoms with Gasteiger partial charge in [0.25, 0.3) is 0 Å². The van der Waals surface area contributed by atoms with E-state index in [0.717, 1.165) is 12.2 Å². The summed E-state index contributed by atoms with van der Waals surface area (Å²) in [6.45, 7) is 18.7. The maximum Gasteiger partial charge on any atom is 0.416 e. The monoisotopic (exact) mass is 502 g/mol. The number of allylic oxidation sites excluding steroid dienone is 5. The summed E-state index contributed by atoms with van der Waals surface area (Å²) < 4.78 is 37.6. The lowest BCUT2D eigenvalue weighted by Crippen LogP contribution is -2.34. The second-order valence-corrected chi connectivity index (χ2v) is 6.33. The molecule has 0 saturated heterocycles. The highest BCUT2D eigenvalue weighted by Gasteiger charge is 2.30. The van der Waals surface area contributed by atoms with Crippen LogP contribution in [0.5, 0.6) is 0 Å². The van der Waals surface area contributed by atoms with Crippen molar-refractivity contribution in [1.29, 1.82) is 0 Å². The zero-order valence-corrected chi connectivity index (χ0v) is 22.2. The molecular formula is C26H45F3N4O2. The Morgan fingerprint density at radius 3 is 2.23 bits per heavy atom. The van der Waals surface area contributed by atoms with Crippen molar-refractivity contribution >= 4 is 0 Å². The van der Waals surface area contributed by atoms with Gasteiger partial charge >= 0.3 is 6.18 Å². The molecule has 6 nitrogen and oxygen atoms in total. The maximum absolute atomic E-state index is 12.5.